The molecule has 1 aliphatic rings. The number of carbonyl (C=O) groups is 1. The lowest BCUT2D eigenvalue weighted by Gasteiger charge is -2.31. The Hall–Kier alpha value is -3.18. The Bertz CT molecular complexity index is 1520. The summed E-state index contributed by atoms with van der Waals surface area (Å²) in [6.45, 7) is 4.18. The minimum atomic E-state index is -4.07. The first-order chi connectivity index (χ1) is 19.7. The number of nitrogens with zero attached hydrogens (tertiary/aromatic N) is 1. The van der Waals surface area contributed by atoms with Gasteiger partial charge in [0.05, 0.1) is 11.0 Å². The van der Waals surface area contributed by atoms with Crippen LogP contribution in [0.15, 0.2) is 65.6 Å². The highest BCUT2D eigenvalue weighted by Gasteiger charge is 2.29. The molecule has 1 atom stereocenters. The Morgan fingerprint density at radius 3 is 2.38 bits per heavy atom. The molecule has 0 aliphatic heterocycles. The van der Waals surface area contributed by atoms with Crippen molar-refractivity contribution in [3.63, 3.8) is 0 Å². The van der Waals surface area contributed by atoms with Gasteiger partial charge in [-0.3, -0.25) is 4.79 Å². The quantitative estimate of drug-likeness (QED) is 0.260. The highest BCUT2D eigenvalue weighted by Crippen LogP contribution is 2.32. The van der Waals surface area contributed by atoms with Crippen molar-refractivity contribution in [2.24, 2.45) is 5.92 Å². The third kappa shape index (κ3) is 7.80. The van der Waals surface area contributed by atoms with Gasteiger partial charge in [-0.2, -0.15) is 4.31 Å². The molecule has 0 spiro atoms. The predicted octanol–water partition coefficient (Wildman–Crippen LogP) is 4.80. The topological polar surface area (TPSA) is 107 Å². The van der Waals surface area contributed by atoms with Gasteiger partial charge in [0.2, 0.25) is 10.0 Å². The van der Waals surface area contributed by atoms with Crippen molar-refractivity contribution < 1.29 is 32.2 Å². The molecule has 10 heteroatoms. The molecular weight excluding hydrogens is 562 g/mol. The van der Waals surface area contributed by atoms with Gasteiger partial charge in [-0.1, -0.05) is 36.4 Å². The first-order valence-corrected chi connectivity index (χ1v) is 15.5. The van der Waals surface area contributed by atoms with Crippen molar-refractivity contribution in [1.29, 1.82) is 0 Å². The molecular formula is C32H38F2N2O5S. The van der Waals surface area contributed by atoms with Crippen LogP contribution in [0, 0.1) is 17.6 Å². The Labute approximate surface area is 246 Å². The molecule has 0 saturated carbocycles. The number of sulfonamides is 1. The summed E-state index contributed by atoms with van der Waals surface area (Å²) in [5.41, 5.74) is 2.76. The number of nitrogens with one attached hydrogen (secondary N) is 1. The van der Waals surface area contributed by atoms with Crippen LogP contribution in [0.2, 0.25) is 0 Å². The van der Waals surface area contributed by atoms with Crippen LogP contribution in [-0.2, 0) is 34.1 Å². The Kier molecular flexibility index (Phi) is 9.82. The van der Waals surface area contributed by atoms with E-state index in [4.69, 9.17) is 5.11 Å². The van der Waals surface area contributed by atoms with Gasteiger partial charge >= 0.3 is 5.97 Å². The third-order valence-electron chi connectivity index (χ3n) is 7.79. The van der Waals surface area contributed by atoms with Crippen LogP contribution in [-0.4, -0.2) is 60.7 Å². The van der Waals surface area contributed by atoms with Gasteiger partial charge in [-0.25, -0.2) is 17.2 Å². The number of carboxylic acids is 1. The molecule has 3 aromatic rings. The lowest BCUT2D eigenvalue weighted by Crippen LogP contribution is -2.47. The molecule has 0 fully saturated rings. The molecule has 3 N–H and O–H groups in total. The number of carboxylic acid groups (broad SMARTS) is 1. The summed E-state index contributed by atoms with van der Waals surface area (Å²) < 4.78 is 56.8. The number of aliphatic hydroxyl groups excluding tert-OH is 1. The lowest BCUT2D eigenvalue weighted by molar-refractivity contribution is -0.136. The number of aryl methyl sites for hydroxylation is 1. The van der Waals surface area contributed by atoms with Crippen molar-refractivity contribution in [3.8, 4) is 11.1 Å². The number of rotatable bonds is 13. The second-order valence-electron chi connectivity index (χ2n) is 11.8. The van der Waals surface area contributed by atoms with Gasteiger partial charge in [-0.15, -0.1) is 0 Å². The van der Waals surface area contributed by atoms with Gasteiger partial charge in [-0.05, 0) is 92.0 Å². The van der Waals surface area contributed by atoms with Crippen molar-refractivity contribution in [2.45, 2.75) is 62.5 Å². The second-order valence-corrected chi connectivity index (χ2v) is 13.9. The maximum atomic E-state index is 14.7. The average Bonchev–Trinajstić information content (AvgIpc) is 3.34. The fourth-order valence-corrected chi connectivity index (χ4v) is 6.95. The first kappa shape index (κ1) is 31.7. The molecule has 7 nitrogen and oxygen atoms in total. The minimum Gasteiger partial charge on any atom is -0.481 e. The Morgan fingerprint density at radius 2 is 1.74 bits per heavy atom. The van der Waals surface area contributed by atoms with Crippen LogP contribution >= 0.6 is 0 Å². The molecule has 0 radical (unpaired) electrons. The van der Waals surface area contributed by atoms with E-state index in [1.807, 2.05) is 0 Å². The zero-order valence-corrected chi connectivity index (χ0v) is 24.9. The van der Waals surface area contributed by atoms with E-state index in [0.717, 1.165) is 29.6 Å². The smallest absolute Gasteiger partial charge is 0.303 e. The summed E-state index contributed by atoms with van der Waals surface area (Å²) in [4.78, 5) is 10.8. The molecule has 0 amide bonds. The summed E-state index contributed by atoms with van der Waals surface area (Å²) >= 11 is 0. The first-order valence-electron chi connectivity index (χ1n) is 14.0. The number of β-amino-alcohol motifs (C(OH)–C–C–N with tert-alkyl or cyclic N) is 1. The number of aliphatic carboxylic acids is 1. The van der Waals surface area contributed by atoms with E-state index in [1.54, 1.807) is 0 Å². The highest BCUT2D eigenvalue weighted by atomic mass is 32.2. The molecule has 1 unspecified atom stereocenters. The van der Waals surface area contributed by atoms with Crippen LogP contribution in [0.1, 0.15) is 43.4 Å². The number of likely N-dealkylation sites (N-methyl/N-ethyl adjacent to an activating group) is 1. The van der Waals surface area contributed by atoms with E-state index in [1.165, 1.54) is 48.5 Å². The van der Waals surface area contributed by atoms with E-state index in [0.29, 0.717) is 5.92 Å². The van der Waals surface area contributed by atoms with Crippen LogP contribution in [0.25, 0.3) is 11.1 Å². The number of benzene rings is 3. The molecule has 0 bridgehead atoms. The zero-order chi connectivity index (χ0) is 30.7. The fraction of sp³-hybridized carbons (Fsp3) is 0.406. The highest BCUT2D eigenvalue weighted by molar-refractivity contribution is 7.89. The summed E-state index contributed by atoms with van der Waals surface area (Å²) in [5.74, 6) is -2.87. The van der Waals surface area contributed by atoms with Gasteiger partial charge < -0.3 is 15.5 Å². The van der Waals surface area contributed by atoms with Gasteiger partial charge in [0, 0.05) is 37.7 Å². The van der Waals surface area contributed by atoms with Gasteiger partial charge in [0.15, 0.2) is 11.6 Å². The molecule has 0 heterocycles. The number of hydrogen-bond acceptors (Lipinski definition) is 5. The molecule has 0 aromatic heterocycles. The normalized spacial score (nSPS) is 14.7. The van der Waals surface area contributed by atoms with E-state index >= 15 is 0 Å². The van der Waals surface area contributed by atoms with Gasteiger partial charge in [0.25, 0.3) is 0 Å². The lowest BCUT2D eigenvalue weighted by atomic mass is 9.88. The maximum absolute atomic E-state index is 14.7. The molecule has 0 saturated heterocycles. The van der Waals surface area contributed by atoms with Crippen LogP contribution in [0.3, 0.4) is 0 Å². The number of aliphatic hydroxyl groups is 1. The van der Waals surface area contributed by atoms with E-state index in [2.05, 4.69) is 43.4 Å². The van der Waals surface area contributed by atoms with E-state index in [9.17, 15) is 27.1 Å². The molecule has 3 aromatic carbocycles. The fourth-order valence-electron chi connectivity index (χ4n) is 5.70. The summed E-state index contributed by atoms with van der Waals surface area (Å²) in [7, 11) is -2.71. The van der Waals surface area contributed by atoms with Crippen LogP contribution in [0.4, 0.5) is 8.78 Å². The predicted molar refractivity (Wildman–Crippen MR) is 158 cm³/mol. The monoisotopic (exact) mass is 600 g/mol. The standard InChI is InChI=1S/C32H38F2N2O5S/c1-32(2,18-22-13-23-7-4-5-8-24(23)14-22)35-19-26(37)20-36(3)42(40,41)27-10-6-9-25(17-27)28-15-21(11-12-30(38)39)16-29(33)31(28)34/h4-10,15-17,22,26,35,37H,11-14,18-20H2,1-3H3,(H,38,39). The second kappa shape index (κ2) is 13.0. The van der Waals surface area contributed by atoms with E-state index in [-0.39, 0.29) is 53.1 Å². The molecule has 226 valence electrons. The van der Waals surface area contributed by atoms with Crippen molar-refractivity contribution in [2.75, 3.05) is 20.1 Å². The van der Waals surface area contributed by atoms with Crippen LogP contribution < -0.4 is 5.32 Å². The zero-order valence-electron chi connectivity index (χ0n) is 24.1. The summed E-state index contributed by atoms with van der Waals surface area (Å²) in [5, 5.41) is 23.0. The van der Waals surface area contributed by atoms with Crippen molar-refractivity contribution in [1.82, 2.24) is 9.62 Å². The molecule has 1 aliphatic carbocycles. The third-order valence-corrected chi connectivity index (χ3v) is 9.61. The Balaban J connectivity index is 1.39. The van der Waals surface area contributed by atoms with Crippen molar-refractivity contribution in [3.05, 3.63) is 89.0 Å². The number of hydrogen-bond donors (Lipinski definition) is 3. The van der Waals surface area contributed by atoms with Crippen LogP contribution in [0.5, 0.6) is 0 Å². The maximum Gasteiger partial charge on any atom is 0.303 e. The summed E-state index contributed by atoms with van der Waals surface area (Å²) in [6, 6.07) is 16.2. The summed E-state index contributed by atoms with van der Waals surface area (Å²) in [6.07, 6.45) is 1.71. The number of halogens is 2. The SMILES string of the molecule is CN(CC(O)CNC(C)(C)CC1Cc2ccccc2C1)S(=O)(=O)c1cccc(-c2cc(CCC(=O)O)cc(F)c2F)c1. The van der Waals surface area contributed by atoms with E-state index < -0.39 is 33.7 Å². The molecule has 4 rings (SSSR count). The van der Waals surface area contributed by atoms with Gasteiger partial charge in [0.1, 0.15) is 0 Å². The Morgan fingerprint density at radius 1 is 1.07 bits per heavy atom. The average molecular weight is 601 g/mol. The van der Waals surface area contributed by atoms with Crippen molar-refractivity contribution >= 4 is 16.0 Å². The largest absolute Gasteiger partial charge is 0.481 e. The number of fused-ring (bicyclic) bond motifs is 1. The molecule has 42 heavy (non-hydrogen) atoms. The minimum absolute atomic E-state index is 0.00268.